The minimum atomic E-state index is -0.865. The summed E-state index contributed by atoms with van der Waals surface area (Å²) in [6.07, 6.45) is 3.14. The number of halogens is 2. The van der Waals surface area contributed by atoms with Crippen LogP contribution in [0.5, 0.6) is 5.75 Å². The predicted octanol–water partition coefficient (Wildman–Crippen LogP) is 5.44. The molecule has 1 saturated heterocycles. The van der Waals surface area contributed by atoms with Crippen LogP contribution >= 0.6 is 27.5 Å². The summed E-state index contributed by atoms with van der Waals surface area (Å²) in [4.78, 5) is 31.8. The van der Waals surface area contributed by atoms with Gasteiger partial charge in [-0.15, -0.1) is 0 Å². The molecular weight excluding hydrogens is 496 g/mol. The molecule has 162 valence electrons. The van der Waals surface area contributed by atoms with Gasteiger partial charge in [0.1, 0.15) is 11.5 Å². The van der Waals surface area contributed by atoms with Gasteiger partial charge >= 0.3 is 0 Å². The first kappa shape index (κ1) is 22.0. The number of aromatic nitrogens is 1. The van der Waals surface area contributed by atoms with Crippen LogP contribution in [0, 0.1) is 6.92 Å². The van der Waals surface area contributed by atoms with E-state index in [-0.39, 0.29) is 27.7 Å². The van der Waals surface area contributed by atoms with Gasteiger partial charge < -0.3 is 9.84 Å². The molecule has 8 heteroatoms. The maximum atomic E-state index is 13.2. The van der Waals surface area contributed by atoms with Crippen LogP contribution in [-0.2, 0) is 9.59 Å². The Balaban J connectivity index is 2.01. The highest BCUT2D eigenvalue weighted by molar-refractivity contribution is 9.10. The molecule has 1 fully saturated rings. The van der Waals surface area contributed by atoms with Crippen LogP contribution in [0.2, 0.25) is 5.02 Å². The van der Waals surface area contributed by atoms with Crippen molar-refractivity contribution >= 4 is 50.7 Å². The van der Waals surface area contributed by atoms with Crippen molar-refractivity contribution in [1.29, 1.82) is 0 Å². The van der Waals surface area contributed by atoms with Crippen LogP contribution in [0.25, 0.3) is 5.76 Å². The smallest absolute Gasteiger partial charge is 0.300 e. The Kier molecular flexibility index (Phi) is 6.04. The van der Waals surface area contributed by atoms with Gasteiger partial charge in [-0.25, -0.2) is 0 Å². The molecule has 3 aromatic rings. The number of benzene rings is 2. The van der Waals surface area contributed by atoms with E-state index < -0.39 is 17.7 Å². The summed E-state index contributed by atoms with van der Waals surface area (Å²) in [5.74, 6) is -1.69. The summed E-state index contributed by atoms with van der Waals surface area (Å²) < 4.78 is 6.14. The van der Waals surface area contributed by atoms with E-state index in [2.05, 4.69) is 20.9 Å². The fraction of sp³-hybridized carbons (Fsp3) is 0.125. The van der Waals surface area contributed by atoms with E-state index in [0.717, 1.165) is 10.0 Å². The molecule has 1 aromatic heterocycles. The highest BCUT2D eigenvalue weighted by Gasteiger charge is 2.47. The van der Waals surface area contributed by atoms with Crippen molar-refractivity contribution in [3.8, 4) is 5.75 Å². The number of ether oxygens (including phenoxy) is 1. The number of pyridine rings is 1. The molecule has 1 unspecified atom stereocenters. The van der Waals surface area contributed by atoms with E-state index in [1.54, 1.807) is 54.9 Å². The highest BCUT2D eigenvalue weighted by Crippen LogP contribution is 2.44. The number of anilines is 1. The number of carbonyl (C=O) groups is 2. The van der Waals surface area contributed by atoms with Gasteiger partial charge in [0.25, 0.3) is 11.7 Å². The Hall–Kier alpha value is -3.16. The van der Waals surface area contributed by atoms with Crippen molar-refractivity contribution < 1.29 is 19.4 Å². The molecule has 1 aliphatic heterocycles. The molecule has 0 bridgehead atoms. The molecule has 4 rings (SSSR count). The third-order valence-electron chi connectivity index (χ3n) is 5.20. The van der Waals surface area contributed by atoms with Crippen LogP contribution in [0.1, 0.15) is 22.7 Å². The third-order valence-corrected chi connectivity index (χ3v) is 5.97. The van der Waals surface area contributed by atoms with Crippen LogP contribution in [-0.4, -0.2) is 28.9 Å². The molecule has 0 radical (unpaired) electrons. The van der Waals surface area contributed by atoms with Crippen molar-refractivity contribution in [2.75, 3.05) is 12.0 Å². The van der Waals surface area contributed by atoms with Crippen molar-refractivity contribution in [2.45, 2.75) is 13.0 Å². The van der Waals surface area contributed by atoms with Gasteiger partial charge in [-0.3, -0.25) is 19.5 Å². The number of aliphatic hydroxyl groups excluding tert-OH is 1. The van der Waals surface area contributed by atoms with Gasteiger partial charge in [-0.1, -0.05) is 33.6 Å². The monoisotopic (exact) mass is 512 g/mol. The molecule has 0 saturated carbocycles. The minimum absolute atomic E-state index is 0.0545. The fourth-order valence-electron chi connectivity index (χ4n) is 3.84. The second kappa shape index (κ2) is 8.76. The van der Waals surface area contributed by atoms with Crippen molar-refractivity contribution in [2.24, 2.45) is 0 Å². The van der Waals surface area contributed by atoms with Crippen molar-refractivity contribution in [3.05, 3.63) is 92.7 Å². The molecule has 0 spiro atoms. The molecule has 2 aromatic carbocycles. The number of aryl methyl sites for hydroxylation is 1. The van der Waals surface area contributed by atoms with Crippen LogP contribution in [0.3, 0.4) is 0 Å². The summed E-state index contributed by atoms with van der Waals surface area (Å²) in [5, 5.41) is 11.6. The highest BCUT2D eigenvalue weighted by atomic mass is 79.9. The predicted molar refractivity (Wildman–Crippen MR) is 126 cm³/mol. The molecule has 2 heterocycles. The lowest BCUT2D eigenvalue weighted by atomic mass is 9.95. The molecular formula is C24H18BrClN2O4. The average molecular weight is 514 g/mol. The maximum absolute atomic E-state index is 13.2. The lowest BCUT2D eigenvalue weighted by Gasteiger charge is -2.25. The summed E-state index contributed by atoms with van der Waals surface area (Å²) >= 11 is 9.72. The summed E-state index contributed by atoms with van der Waals surface area (Å²) in [6, 6.07) is 13.0. The largest absolute Gasteiger partial charge is 0.507 e. The summed E-state index contributed by atoms with van der Waals surface area (Å²) in [5.41, 5.74) is 2.08. The van der Waals surface area contributed by atoms with E-state index in [4.69, 9.17) is 16.3 Å². The number of methoxy groups -OCH3 is 1. The summed E-state index contributed by atoms with van der Waals surface area (Å²) in [6.45, 7) is 1.81. The van der Waals surface area contributed by atoms with Crippen LogP contribution in [0.15, 0.2) is 71.0 Å². The van der Waals surface area contributed by atoms with Crippen molar-refractivity contribution in [1.82, 2.24) is 4.98 Å². The lowest BCUT2D eigenvalue weighted by molar-refractivity contribution is -0.132. The number of aliphatic hydroxyl groups is 1. The number of hydrogen-bond donors (Lipinski definition) is 1. The zero-order chi connectivity index (χ0) is 23.0. The van der Waals surface area contributed by atoms with Crippen LogP contribution in [0.4, 0.5) is 5.69 Å². The Bertz CT molecular complexity index is 1260. The van der Waals surface area contributed by atoms with E-state index >= 15 is 0 Å². The van der Waals surface area contributed by atoms with E-state index in [1.807, 2.05) is 13.0 Å². The second-order valence-corrected chi connectivity index (χ2v) is 8.58. The van der Waals surface area contributed by atoms with Crippen molar-refractivity contribution in [3.63, 3.8) is 0 Å². The number of ketones is 1. The van der Waals surface area contributed by atoms with Gasteiger partial charge in [-0.2, -0.15) is 0 Å². The number of Topliss-reactive ketones (excluding diaryl/α,β-unsaturated/α-hetero) is 1. The zero-order valence-corrected chi connectivity index (χ0v) is 19.5. The maximum Gasteiger partial charge on any atom is 0.300 e. The first-order valence-corrected chi connectivity index (χ1v) is 10.8. The molecule has 1 atom stereocenters. The minimum Gasteiger partial charge on any atom is -0.507 e. The number of nitrogens with zero attached hydrogens (tertiary/aromatic N) is 2. The third kappa shape index (κ3) is 3.78. The lowest BCUT2D eigenvalue weighted by Crippen LogP contribution is -2.29. The number of rotatable bonds is 4. The zero-order valence-electron chi connectivity index (χ0n) is 17.2. The molecule has 1 N–H and O–H groups in total. The van der Waals surface area contributed by atoms with E-state index in [0.29, 0.717) is 11.3 Å². The van der Waals surface area contributed by atoms with E-state index in [9.17, 15) is 14.7 Å². The standard InChI is InChI=1S/C24H18BrClN2O4/c1-13-10-17(23(32-2)18(26)11-13)21(29)19-20(14-6-8-27-9-7-14)28(24(31)22(19)30)16-5-3-4-15(25)12-16/h3-12,20,29H,1-2H3/b21-19+. The van der Waals surface area contributed by atoms with Gasteiger partial charge in [-0.05, 0) is 60.5 Å². The van der Waals surface area contributed by atoms with Gasteiger partial charge in [0, 0.05) is 22.6 Å². The first-order chi connectivity index (χ1) is 15.3. The Labute approximate surface area is 198 Å². The quantitative estimate of drug-likeness (QED) is 0.285. The number of amides is 1. The summed E-state index contributed by atoms with van der Waals surface area (Å²) in [7, 11) is 1.42. The molecule has 1 aliphatic rings. The van der Waals surface area contributed by atoms with Gasteiger partial charge in [0.2, 0.25) is 0 Å². The van der Waals surface area contributed by atoms with E-state index in [1.165, 1.54) is 12.0 Å². The average Bonchev–Trinajstić information content (AvgIpc) is 3.04. The second-order valence-electron chi connectivity index (χ2n) is 7.26. The number of hydrogen-bond acceptors (Lipinski definition) is 5. The Morgan fingerprint density at radius 3 is 2.53 bits per heavy atom. The normalized spacial score (nSPS) is 17.6. The molecule has 32 heavy (non-hydrogen) atoms. The SMILES string of the molecule is COc1c(Cl)cc(C)cc1/C(O)=C1\C(=O)C(=O)N(c2cccc(Br)c2)C1c1ccncc1. The van der Waals surface area contributed by atoms with Gasteiger partial charge in [0.05, 0.1) is 29.3 Å². The first-order valence-electron chi connectivity index (χ1n) is 9.64. The molecule has 1 amide bonds. The van der Waals surface area contributed by atoms with Crippen LogP contribution < -0.4 is 9.64 Å². The number of carbonyl (C=O) groups excluding carboxylic acids is 2. The topological polar surface area (TPSA) is 79.7 Å². The Morgan fingerprint density at radius 2 is 1.88 bits per heavy atom. The fourth-order valence-corrected chi connectivity index (χ4v) is 4.58. The Morgan fingerprint density at radius 1 is 1.16 bits per heavy atom. The molecule has 6 nitrogen and oxygen atoms in total. The molecule has 0 aliphatic carbocycles. The van der Waals surface area contributed by atoms with Gasteiger partial charge in [0.15, 0.2) is 0 Å².